The molecule has 0 aliphatic carbocycles. The maximum absolute atomic E-state index is 14.1. The van der Waals surface area contributed by atoms with Gasteiger partial charge in [-0.15, -0.1) is 0 Å². The van der Waals surface area contributed by atoms with E-state index >= 15 is 0 Å². The van der Waals surface area contributed by atoms with Crippen LogP contribution in [0.15, 0.2) is 83.3 Å². The first-order valence-electron chi connectivity index (χ1n) is 12.6. The van der Waals surface area contributed by atoms with Gasteiger partial charge >= 0.3 is 0 Å². The lowest BCUT2D eigenvalue weighted by atomic mass is 10.0. The van der Waals surface area contributed by atoms with Crippen molar-refractivity contribution in [3.05, 3.63) is 99.5 Å². The molecule has 0 spiro atoms. The van der Waals surface area contributed by atoms with Gasteiger partial charge in [-0.2, -0.15) is 0 Å². The number of sulfonamides is 1. The second-order valence-corrected chi connectivity index (χ2v) is 12.5. The average Bonchev–Trinajstić information content (AvgIpc) is 2.90. The third kappa shape index (κ3) is 8.55. The van der Waals surface area contributed by atoms with Crippen molar-refractivity contribution >= 4 is 55.1 Å². The minimum Gasteiger partial charge on any atom is -0.352 e. The Morgan fingerprint density at radius 3 is 2.21 bits per heavy atom. The Balaban J connectivity index is 2.08. The maximum Gasteiger partial charge on any atom is 0.244 e. The molecule has 0 aliphatic heterocycles. The number of para-hydroxylation sites is 1. The first-order valence-corrected chi connectivity index (χ1v) is 15.6. The molecule has 3 aromatic rings. The number of nitrogens with zero attached hydrogens (tertiary/aromatic N) is 2. The number of halogens is 2. The molecule has 0 heterocycles. The third-order valence-electron chi connectivity index (χ3n) is 6.37. The summed E-state index contributed by atoms with van der Waals surface area (Å²) in [6, 6.07) is 22.3. The van der Waals surface area contributed by atoms with Gasteiger partial charge in [-0.25, -0.2) is 8.42 Å². The summed E-state index contributed by atoms with van der Waals surface area (Å²) in [6.45, 7) is 3.40. The zero-order chi connectivity index (χ0) is 28.6. The van der Waals surface area contributed by atoms with Crippen LogP contribution in [0, 0.1) is 0 Å². The fraction of sp³-hybridized carbons (Fsp3) is 0.310. The van der Waals surface area contributed by atoms with Gasteiger partial charge in [0.1, 0.15) is 12.6 Å². The molecule has 3 rings (SSSR count). The number of rotatable bonds is 12. The molecule has 0 aliphatic rings. The Morgan fingerprint density at radius 1 is 0.974 bits per heavy atom. The molecule has 2 amide bonds. The molecule has 39 heavy (non-hydrogen) atoms. The normalized spacial score (nSPS) is 12.8. The van der Waals surface area contributed by atoms with Crippen LogP contribution in [0.3, 0.4) is 0 Å². The Morgan fingerprint density at radius 2 is 1.59 bits per heavy atom. The van der Waals surface area contributed by atoms with Crippen molar-refractivity contribution in [2.24, 2.45) is 0 Å². The number of nitrogens with one attached hydrogen (secondary N) is 1. The molecule has 3 aromatic carbocycles. The highest BCUT2D eigenvalue weighted by Crippen LogP contribution is 2.28. The SMILES string of the molecule is CC[C@@H](C)NC(=O)[C@@H](Cc1ccccc1)N(Cc1ccccc1Cl)C(=O)CN(c1ccccc1Br)S(C)(=O)=O. The number of hydrogen-bond acceptors (Lipinski definition) is 4. The summed E-state index contributed by atoms with van der Waals surface area (Å²) in [5.74, 6) is -0.850. The van der Waals surface area contributed by atoms with E-state index in [1.807, 2.05) is 44.2 Å². The monoisotopic (exact) mass is 633 g/mol. The molecular formula is C29H33BrClN3O4S. The Hall–Kier alpha value is -2.88. The minimum atomic E-state index is -3.85. The summed E-state index contributed by atoms with van der Waals surface area (Å²) >= 11 is 9.87. The Bertz CT molecular complexity index is 1390. The molecule has 2 atom stereocenters. The summed E-state index contributed by atoms with van der Waals surface area (Å²) in [5, 5.41) is 3.45. The Labute approximate surface area is 244 Å². The van der Waals surface area contributed by atoms with Gasteiger partial charge in [0.25, 0.3) is 0 Å². The van der Waals surface area contributed by atoms with E-state index in [0.29, 0.717) is 27.2 Å². The van der Waals surface area contributed by atoms with E-state index in [2.05, 4.69) is 21.2 Å². The summed E-state index contributed by atoms with van der Waals surface area (Å²) < 4.78 is 27.3. The average molecular weight is 635 g/mol. The van der Waals surface area contributed by atoms with Gasteiger partial charge in [-0.1, -0.05) is 79.2 Å². The third-order valence-corrected chi connectivity index (χ3v) is 8.54. The van der Waals surface area contributed by atoms with E-state index in [0.717, 1.165) is 16.1 Å². The summed E-state index contributed by atoms with van der Waals surface area (Å²) in [7, 11) is -3.85. The second kappa shape index (κ2) is 14.0. The lowest BCUT2D eigenvalue weighted by molar-refractivity contribution is -0.140. The molecule has 10 heteroatoms. The molecule has 7 nitrogen and oxygen atoms in total. The van der Waals surface area contributed by atoms with Crippen LogP contribution in [0.2, 0.25) is 5.02 Å². The smallest absolute Gasteiger partial charge is 0.244 e. The van der Waals surface area contributed by atoms with Crippen LogP contribution in [0.5, 0.6) is 0 Å². The van der Waals surface area contributed by atoms with Gasteiger partial charge in [0.2, 0.25) is 21.8 Å². The van der Waals surface area contributed by atoms with Crippen LogP contribution < -0.4 is 9.62 Å². The number of hydrogen-bond donors (Lipinski definition) is 1. The maximum atomic E-state index is 14.1. The Kier molecular flexibility index (Phi) is 11.0. The predicted octanol–water partition coefficient (Wildman–Crippen LogP) is 5.42. The number of amides is 2. The molecule has 0 radical (unpaired) electrons. The van der Waals surface area contributed by atoms with Gasteiger partial charge < -0.3 is 10.2 Å². The van der Waals surface area contributed by atoms with Gasteiger partial charge in [-0.05, 0) is 58.6 Å². The molecule has 0 saturated carbocycles. The van der Waals surface area contributed by atoms with E-state index in [1.54, 1.807) is 48.5 Å². The molecule has 0 bridgehead atoms. The topological polar surface area (TPSA) is 86.8 Å². The second-order valence-electron chi connectivity index (χ2n) is 9.36. The molecule has 208 valence electrons. The summed E-state index contributed by atoms with van der Waals surface area (Å²) in [4.78, 5) is 29.2. The van der Waals surface area contributed by atoms with Crippen molar-refractivity contribution in [1.82, 2.24) is 10.2 Å². The van der Waals surface area contributed by atoms with Gasteiger partial charge in [0.15, 0.2) is 0 Å². The zero-order valence-corrected chi connectivity index (χ0v) is 25.3. The molecule has 0 aromatic heterocycles. The zero-order valence-electron chi connectivity index (χ0n) is 22.2. The van der Waals surface area contributed by atoms with Crippen molar-refractivity contribution < 1.29 is 18.0 Å². The molecule has 0 saturated heterocycles. The van der Waals surface area contributed by atoms with Gasteiger partial charge in [0, 0.05) is 28.5 Å². The number of benzene rings is 3. The number of anilines is 1. The van der Waals surface area contributed by atoms with Crippen LogP contribution >= 0.6 is 27.5 Å². The van der Waals surface area contributed by atoms with Gasteiger partial charge in [0.05, 0.1) is 11.9 Å². The first-order chi connectivity index (χ1) is 18.5. The van der Waals surface area contributed by atoms with Crippen molar-refractivity contribution in [2.45, 2.75) is 45.3 Å². The van der Waals surface area contributed by atoms with Crippen molar-refractivity contribution in [2.75, 3.05) is 17.1 Å². The highest BCUT2D eigenvalue weighted by Gasteiger charge is 2.34. The lowest BCUT2D eigenvalue weighted by Gasteiger charge is -2.34. The standard InChI is InChI=1S/C29H33BrClN3O4S/c1-4-21(2)32-29(36)27(18-22-12-6-5-7-13-22)33(19-23-14-8-10-16-25(23)31)28(35)20-34(39(3,37)38)26-17-11-9-15-24(26)30/h5-17,21,27H,4,18-20H2,1-3H3,(H,32,36)/t21-,27-/m1/s1. The summed E-state index contributed by atoms with van der Waals surface area (Å²) in [5.41, 5.74) is 1.84. The van der Waals surface area contributed by atoms with Crippen molar-refractivity contribution in [3.8, 4) is 0 Å². The van der Waals surface area contributed by atoms with E-state index in [1.165, 1.54) is 4.90 Å². The fourth-order valence-corrected chi connectivity index (χ4v) is 5.73. The number of carbonyl (C=O) groups is 2. The first kappa shape index (κ1) is 30.7. The van der Waals surface area contributed by atoms with Crippen LogP contribution in [0.25, 0.3) is 0 Å². The molecule has 0 unspecified atom stereocenters. The van der Waals surface area contributed by atoms with Crippen LogP contribution in [-0.4, -0.2) is 50.0 Å². The predicted molar refractivity (Wildman–Crippen MR) is 160 cm³/mol. The van der Waals surface area contributed by atoms with Crippen LogP contribution in [-0.2, 0) is 32.6 Å². The van der Waals surface area contributed by atoms with Crippen LogP contribution in [0.4, 0.5) is 5.69 Å². The molecule has 1 N–H and O–H groups in total. The number of carbonyl (C=O) groups excluding carboxylic acids is 2. The fourth-order valence-electron chi connectivity index (χ4n) is 4.05. The molecular weight excluding hydrogens is 602 g/mol. The van der Waals surface area contributed by atoms with E-state index < -0.39 is 28.5 Å². The van der Waals surface area contributed by atoms with Crippen molar-refractivity contribution in [1.29, 1.82) is 0 Å². The van der Waals surface area contributed by atoms with Crippen LogP contribution in [0.1, 0.15) is 31.4 Å². The van der Waals surface area contributed by atoms with Gasteiger partial charge in [-0.3, -0.25) is 13.9 Å². The molecule has 0 fully saturated rings. The van der Waals surface area contributed by atoms with E-state index in [-0.39, 0.29) is 24.9 Å². The van der Waals surface area contributed by atoms with Crippen molar-refractivity contribution in [3.63, 3.8) is 0 Å². The lowest BCUT2D eigenvalue weighted by Crippen LogP contribution is -2.54. The highest BCUT2D eigenvalue weighted by molar-refractivity contribution is 9.10. The van der Waals surface area contributed by atoms with E-state index in [9.17, 15) is 18.0 Å². The quantitative estimate of drug-likeness (QED) is 0.288. The minimum absolute atomic E-state index is 0.0253. The summed E-state index contributed by atoms with van der Waals surface area (Å²) in [6.07, 6.45) is 2.01. The highest BCUT2D eigenvalue weighted by atomic mass is 79.9. The largest absolute Gasteiger partial charge is 0.352 e. The van der Waals surface area contributed by atoms with E-state index in [4.69, 9.17) is 11.6 Å².